The Kier molecular flexibility index (Phi) is 5.37. The zero-order chi connectivity index (χ0) is 12.8. The van der Waals surface area contributed by atoms with Crippen LogP contribution >= 0.6 is 11.3 Å². The van der Waals surface area contributed by atoms with Crippen LogP contribution in [0.15, 0.2) is 5.38 Å². The van der Waals surface area contributed by atoms with Crippen LogP contribution in [0.3, 0.4) is 0 Å². The first-order valence-electron chi connectivity index (χ1n) is 5.44. The van der Waals surface area contributed by atoms with Crippen molar-refractivity contribution >= 4 is 22.4 Å². The topological polar surface area (TPSA) is 51.7 Å². The van der Waals surface area contributed by atoms with E-state index in [1.165, 1.54) is 11.3 Å². The van der Waals surface area contributed by atoms with E-state index >= 15 is 0 Å². The van der Waals surface area contributed by atoms with E-state index in [1.807, 2.05) is 18.9 Å². The van der Waals surface area contributed by atoms with Crippen LogP contribution in [0.2, 0.25) is 0 Å². The summed E-state index contributed by atoms with van der Waals surface area (Å²) in [6, 6.07) is 0.209. The third-order valence-electron chi connectivity index (χ3n) is 2.35. The standard InChI is InChI=1S/C11H18N2O3S/c1-5-16-10(14)9-7-17-11(12-9)13(3)8(2)6-15-4/h7-8H,5-6H2,1-4H3/t8-/m1/s1. The lowest BCUT2D eigenvalue weighted by Gasteiger charge is -2.23. The summed E-state index contributed by atoms with van der Waals surface area (Å²) >= 11 is 1.42. The van der Waals surface area contributed by atoms with Crippen molar-refractivity contribution < 1.29 is 14.3 Å². The molecule has 96 valence electrons. The number of carbonyl (C=O) groups excluding carboxylic acids is 1. The van der Waals surface area contributed by atoms with Gasteiger partial charge in [0.25, 0.3) is 0 Å². The molecule has 1 aromatic rings. The van der Waals surface area contributed by atoms with Crippen LogP contribution in [-0.4, -0.2) is 44.4 Å². The first-order valence-corrected chi connectivity index (χ1v) is 6.32. The van der Waals surface area contributed by atoms with Gasteiger partial charge in [-0.1, -0.05) is 0 Å². The largest absolute Gasteiger partial charge is 0.461 e. The zero-order valence-electron chi connectivity index (χ0n) is 10.6. The number of anilines is 1. The summed E-state index contributed by atoms with van der Waals surface area (Å²) in [6.45, 7) is 4.79. The quantitative estimate of drug-likeness (QED) is 0.728. The number of hydrogen-bond acceptors (Lipinski definition) is 6. The first-order chi connectivity index (χ1) is 8.10. The molecule has 0 aliphatic rings. The molecule has 1 heterocycles. The monoisotopic (exact) mass is 258 g/mol. The van der Waals surface area contributed by atoms with Crippen LogP contribution in [0.25, 0.3) is 0 Å². The van der Waals surface area contributed by atoms with Gasteiger partial charge in [-0.15, -0.1) is 11.3 Å². The third-order valence-corrected chi connectivity index (χ3v) is 3.28. The van der Waals surface area contributed by atoms with Crippen LogP contribution in [0.5, 0.6) is 0 Å². The summed E-state index contributed by atoms with van der Waals surface area (Å²) in [4.78, 5) is 17.7. The predicted molar refractivity (Wildman–Crippen MR) is 67.8 cm³/mol. The van der Waals surface area contributed by atoms with Crippen molar-refractivity contribution in [1.82, 2.24) is 4.98 Å². The van der Waals surface area contributed by atoms with Gasteiger partial charge < -0.3 is 14.4 Å². The molecule has 1 aromatic heterocycles. The molecule has 1 rings (SSSR count). The number of carbonyl (C=O) groups is 1. The second-order valence-electron chi connectivity index (χ2n) is 3.65. The van der Waals surface area contributed by atoms with Crippen molar-refractivity contribution in [3.63, 3.8) is 0 Å². The number of nitrogens with zero attached hydrogens (tertiary/aromatic N) is 2. The maximum absolute atomic E-state index is 11.5. The van der Waals surface area contributed by atoms with Crippen molar-refractivity contribution in [2.45, 2.75) is 19.9 Å². The molecule has 0 amide bonds. The summed E-state index contributed by atoms with van der Waals surface area (Å²) in [5.41, 5.74) is 0.364. The maximum atomic E-state index is 11.5. The Hall–Kier alpha value is -1.14. The molecule has 0 aliphatic carbocycles. The number of thiazole rings is 1. The number of likely N-dealkylation sites (N-methyl/N-ethyl adjacent to an activating group) is 1. The Balaban J connectivity index is 2.70. The fraction of sp³-hybridized carbons (Fsp3) is 0.636. The lowest BCUT2D eigenvalue weighted by atomic mass is 10.3. The van der Waals surface area contributed by atoms with Gasteiger partial charge in [0.2, 0.25) is 0 Å². The second-order valence-corrected chi connectivity index (χ2v) is 4.49. The van der Waals surface area contributed by atoms with Gasteiger partial charge in [0.05, 0.1) is 19.3 Å². The van der Waals surface area contributed by atoms with Crippen LogP contribution in [0.4, 0.5) is 5.13 Å². The molecule has 0 N–H and O–H groups in total. The lowest BCUT2D eigenvalue weighted by molar-refractivity contribution is 0.0520. The van der Waals surface area contributed by atoms with Crippen molar-refractivity contribution in [2.24, 2.45) is 0 Å². The Morgan fingerprint density at radius 3 is 2.94 bits per heavy atom. The van der Waals surface area contributed by atoms with E-state index in [-0.39, 0.29) is 12.0 Å². The molecule has 1 atom stereocenters. The molecular formula is C11H18N2O3S. The average molecular weight is 258 g/mol. The predicted octanol–water partition coefficient (Wildman–Crippen LogP) is 1.79. The Morgan fingerprint density at radius 1 is 1.65 bits per heavy atom. The van der Waals surface area contributed by atoms with Gasteiger partial charge in [0.1, 0.15) is 0 Å². The lowest BCUT2D eigenvalue weighted by Crippen LogP contribution is -2.32. The molecule has 17 heavy (non-hydrogen) atoms. The van der Waals surface area contributed by atoms with Gasteiger partial charge in [-0.2, -0.15) is 0 Å². The van der Waals surface area contributed by atoms with E-state index in [4.69, 9.17) is 9.47 Å². The fourth-order valence-electron chi connectivity index (χ4n) is 1.27. The van der Waals surface area contributed by atoms with Crippen LogP contribution in [0, 0.1) is 0 Å². The molecule has 0 fully saturated rings. The van der Waals surface area contributed by atoms with Gasteiger partial charge in [-0.3, -0.25) is 0 Å². The molecular weight excluding hydrogens is 240 g/mol. The molecule has 0 saturated carbocycles. The number of methoxy groups -OCH3 is 1. The van der Waals surface area contributed by atoms with E-state index in [1.54, 1.807) is 19.4 Å². The van der Waals surface area contributed by atoms with E-state index in [0.29, 0.717) is 18.9 Å². The number of hydrogen-bond donors (Lipinski definition) is 0. The minimum absolute atomic E-state index is 0.209. The molecule has 0 unspecified atom stereocenters. The van der Waals surface area contributed by atoms with E-state index in [0.717, 1.165) is 5.13 Å². The molecule has 0 aliphatic heterocycles. The van der Waals surface area contributed by atoms with Crippen LogP contribution < -0.4 is 4.90 Å². The highest BCUT2D eigenvalue weighted by atomic mass is 32.1. The van der Waals surface area contributed by atoms with Crippen molar-refractivity contribution in [3.05, 3.63) is 11.1 Å². The summed E-state index contributed by atoms with van der Waals surface area (Å²) in [6.07, 6.45) is 0. The maximum Gasteiger partial charge on any atom is 0.357 e. The molecule has 0 saturated heterocycles. The number of aromatic nitrogens is 1. The fourth-order valence-corrected chi connectivity index (χ4v) is 2.13. The summed E-state index contributed by atoms with van der Waals surface area (Å²) in [5, 5.41) is 2.50. The Labute approximate surface area is 105 Å². The SMILES string of the molecule is CCOC(=O)c1csc(N(C)[C@H](C)COC)n1. The minimum atomic E-state index is -0.372. The smallest absolute Gasteiger partial charge is 0.357 e. The van der Waals surface area contributed by atoms with E-state index in [2.05, 4.69) is 4.98 Å². The van der Waals surface area contributed by atoms with Gasteiger partial charge in [-0.05, 0) is 13.8 Å². The normalized spacial score (nSPS) is 12.2. The van der Waals surface area contributed by atoms with Crippen molar-refractivity contribution in [3.8, 4) is 0 Å². The van der Waals surface area contributed by atoms with Gasteiger partial charge in [-0.25, -0.2) is 9.78 Å². The molecule has 5 nitrogen and oxygen atoms in total. The van der Waals surface area contributed by atoms with Crippen LogP contribution in [0.1, 0.15) is 24.3 Å². The average Bonchev–Trinajstić information content (AvgIpc) is 2.78. The number of ether oxygens (including phenoxy) is 2. The van der Waals surface area contributed by atoms with Crippen molar-refractivity contribution in [2.75, 3.05) is 32.3 Å². The molecule has 6 heteroatoms. The van der Waals surface area contributed by atoms with E-state index in [9.17, 15) is 4.79 Å². The third kappa shape index (κ3) is 3.67. The molecule has 0 bridgehead atoms. The zero-order valence-corrected chi connectivity index (χ0v) is 11.4. The molecule has 0 radical (unpaired) electrons. The Morgan fingerprint density at radius 2 is 2.35 bits per heavy atom. The highest BCUT2D eigenvalue weighted by molar-refractivity contribution is 7.13. The molecule has 0 spiro atoms. The van der Waals surface area contributed by atoms with Gasteiger partial charge in [0, 0.05) is 19.5 Å². The van der Waals surface area contributed by atoms with Gasteiger partial charge in [0.15, 0.2) is 10.8 Å². The summed E-state index contributed by atoms with van der Waals surface area (Å²) in [7, 11) is 3.59. The highest BCUT2D eigenvalue weighted by Gasteiger charge is 2.16. The van der Waals surface area contributed by atoms with E-state index < -0.39 is 0 Å². The number of rotatable bonds is 6. The first kappa shape index (κ1) is 13.9. The minimum Gasteiger partial charge on any atom is -0.461 e. The van der Waals surface area contributed by atoms with Gasteiger partial charge >= 0.3 is 5.97 Å². The van der Waals surface area contributed by atoms with Crippen LogP contribution in [-0.2, 0) is 9.47 Å². The highest BCUT2D eigenvalue weighted by Crippen LogP contribution is 2.21. The molecule has 0 aromatic carbocycles. The Bertz CT molecular complexity index is 367. The number of esters is 1. The van der Waals surface area contributed by atoms with Crippen molar-refractivity contribution in [1.29, 1.82) is 0 Å². The summed E-state index contributed by atoms with van der Waals surface area (Å²) < 4.78 is 9.97. The summed E-state index contributed by atoms with van der Waals surface area (Å²) in [5.74, 6) is -0.372. The second kappa shape index (κ2) is 6.56.